The second kappa shape index (κ2) is 5.35. The normalized spacial score (nSPS) is 24.6. The number of nitrogens with one attached hydrogen (secondary N) is 1. The average Bonchev–Trinajstić information content (AvgIpc) is 2.47. The van der Waals surface area contributed by atoms with E-state index in [1.807, 2.05) is 11.8 Å². The van der Waals surface area contributed by atoms with Gasteiger partial charge < -0.3 is 16.0 Å². The van der Waals surface area contributed by atoms with Crippen LogP contribution in [0.1, 0.15) is 13.3 Å². The van der Waals surface area contributed by atoms with Crippen molar-refractivity contribution in [3.8, 4) is 0 Å². The van der Waals surface area contributed by atoms with Gasteiger partial charge in [-0.2, -0.15) is 0 Å². The average molecular weight is 251 g/mol. The van der Waals surface area contributed by atoms with E-state index in [1.54, 1.807) is 12.1 Å². The van der Waals surface area contributed by atoms with Crippen LogP contribution in [0.15, 0.2) is 24.3 Å². The Morgan fingerprint density at radius 1 is 1.56 bits per heavy atom. The molecule has 1 heterocycles. The summed E-state index contributed by atoms with van der Waals surface area (Å²) in [6, 6.07) is 5.95. The van der Waals surface area contributed by atoms with Gasteiger partial charge in [0, 0.05) is 24.8 Å². The molecule has 18 heavy (non-hydrogen) atoms. The highest BCUT2D eigenvalue weighted by Crippen LogP contribution is 2.20. The van der Waals surface area contributed by atoms with Crippen molar-refractivity contribution in [1.82, 2.24) is 5.32 Å². The summed E-state index contributed by atoms with van der Waals surface area (Å²) >= 11 is 0. The van der Waals surface area contributed by atoms with Gasteiger partial charge in [0.15, 0.2) is 0 Å². The molecule has 3 N–H and O–H groups in total. The number of hydrogen-bond donors (Lipinski definition) is 2. The highest BCUT2D eigenvalue weighted by atomic mass is 19.1. The molecule has 1 fully saturated rings. The Labute approximate surface area is 106 Å². The Hall–Kier alpha value is -1.62. The first-order valence-corrected chi connectivity index (χ1v) is 6.14. The SMILES string of the molecule is CC1CCN(c2cccc(F)c2)C(CN)C(=O)N1. The molecule has 0 aliphatic carbocycles. The molecule has 4 nitrogen and oxygen atoms in total. The number of rotatable bonds is 2. The van der Waals surface area contributed by atoms with Crippen LogP contribution in [0.3, 0.4) is 0 Å². The predicted octanol–water partition coefficient (Wildman–Crippen LogP) is 0.868. The van der Waals surface area contributed by atoms with Crippen molar-refractivity contribution < 1.29 is 9.18 Å². The van der Waals surface area contributed by atoms with Crippen LogP contribution in [0, 0.1) is 5.82 Å². The number of benzene rings is 1. The van der Waals surface area contributed by atoms with Crippen LogP contribution in [-0.2, 0) is 4.79 Å². The fourth-order valence-electron chi connectivity index (χ4n) is 2.24. The summed E-state index contributed by atoms with van der Waals surface area (Å²) in [6.45, 7) is 2.86. The molecule has 1 saturated heterocycles. The largest absolute Gasteiger partial charge is 0.358 e. The van der Waals surface area contributed by atoms with Crippen LogP contribution in [-0.4, -0.2) is 31.1 Å². The summed E-state index contributed by atoms with van der Waals surface area (Å²) in [4.78, 5) is 13.9. The second-order valence-corrected chi connectivity index (χ2v) is 4.62. The van der Waals surface area contributed by atoms with Gasteiger partial charge in [0.25, 0.3) is 0 Å². The molecular formula is C13H18FN3O. The van der Waals surface area contributed by atoms with Gasteiger partial charge in [-0.1, -0.05) is 6.07 Å². The highest BCUT2D eigenvalue weighted by molar-refractivity contribution is 5.86. The van der Waals surface area contributed by atoms with E-state index in [1.165, 1.54) is 12.1 Å². The first-order chi connectivity index (χ1) is 8.61. The van der Waals surface area contributed by atoms with Crippen LogP contribution in [0.4, 0.5) is 10.1 Å². The molecule has 2 unspecified atom stereocenters. The Morgan fingerprint density at radius 3 is 3.00 bits per heavy atom. The molecular weight excluding hydrogens is 233 g/mol. The van der Waals surface area contributed by atoms with E-state index in [-0.39, 0.29) is 24.3 Å². The quantitative estimate of drug-likeness (QED) is 0.820. The van der Waals surface area contributed by atoms with E-state index in [2.05, 4.69) is 5.32 Å². The number of nitrogens with two attached hydrogens (primary N) is 1. The standard InChI is InChI=1S/C13H18FN3O/c1-9-5-6-17(12(8-15)13(18)16-9)11-4-2-3-10(14)7-11/h2-4,7,9,12H,5-6,8,15H2,1H3,(H,16,18). The van der Waals surface area contributed by atoms with Crippen LogP contribution in [0.25, 0.3) is 0 Å². The van der Waals surface area contributed by atoms with Gasteiger partial charge in [-0.25, -0.2) is 4.39 Å². The highest BCUT2D eigenvalue weighted by Gasteiger charge is 2.29. The monoisotopic (exact) mass is 251 g/mol. The molecule has 0 radical (unpaired) electrons. The predicted molar refractivity (Wildman–Crippen MR) is 68.8 cm³/mol. The molecule has 1 aromatic carbocycles. The van der Waals surface area contributed by atoms with Gasteiger partial charge in [0.1, 0.15) is 11.9 Å². The second-order valence-electron chi connectivity index (χ2n) is 4.62. The minimum absolute atomic E-state index is 0.0910. The van der Waals surface area contributed by atoms with Gasteiger partial charge in [0.05, 0.1) is 0 Å². The van der Waals surface area contributed by atoms with E-state index in [4.69, 9.17) is 5.73 Å². The van der Waals surface area contributed by atoms with Crippen molar-refractivity contribution in [1.29, 1.82) is 0 Å². The molecule has 0 aromatic heterocycles. The van der Waals surface area contributed by atoms with Gasteiger partial charge in [-0.3, -0.25) is 4.79 Å². The number of hydrogen-bond acceptors (Lipinski definition) is 3. The third-order valence-corrected chi connectivity index (χ3v) is 3.23. The molecule has 1 aliphatic heterocycles. The lowest BCUT2D eigenvalue weighted by atomic mass is 10.2. The third kappa shape index (κ3) is 2.61. The van der Waals surface area contributed by atoms with Crippen molar-refractivity contribution in [2.75, 3.05) is 18.0 Å². The molecule has 0 bridgehead atoms. The zero-order valence-electron chi connectivity index (χ0n) is 10.4. The van der Waals surface area contributed by atoms with Gasteiger partial charge >= 0.3 is 0 Å². The van der Waals surface area contributed by atoms with Crippen LogP contribution in [0.2, 0.25) is 0 Å². The van der Waals surface area contributed by atoms with Crippen LogP contribution in [0.5, 0.6) is 0 Å². The zero-order chi connectivity index (χ0) is 13.1. The van der Waals surface area contributed by atoms with E-state index >= 15 is 0 Å². The van der Waals surface area contributed by atoms with E-state index < -0.39 is 6.04 Å². The number of halogens is 1. The van der Waals surface area contributed by atoms with E-state index in [0.29, 0.717) is 12.2 Å². The molecule has 2 rings (SSSR count). The molecule has 98 valence electrons. The number of anilines is 1. The Morgan fingerprint density at radius 2 is 2.33 bits per heavy atom. The van der Waals surface area contributed by atoms with Gasteiger partial charge in [0.2, 0.25) is 5.91 Å². The number of nitrogens with zero attached hydrogens (tertiary/aromatic N) is 1. The Bertz CT molecular complexity index is 438. The lowest BCUT2D eigenvalue weighted by Crippen LogP contribution is -2.49. The first kappa shape index (κ1) is 12.8. The molecule has 0 saturated carbocycles. The Balaban J connectivity index is 2.31. The Kier molecular flexibility index (Phi) is 3.81. The molecule has 0 spiro atoms. The van der Waals surface area contributed by atoms with Crippen molar-refractivity contribution in [3.63, 3.8) is 0 Å². The van der Waals surface area contributed by atoms with E-state index in [0.717, 1.165) is 6.42 Å². The maximum Gasteiger partial charge on any atom is 0.244 e. The van der Waals surface area contributed by atoms with Crippen molar-refractivity contribution in [2.24, 2.45) is 5.73 Å². The van der Waals surface area contributed by atoms with Gasteiger partial charge in [-0.05, 0) is 31.5 Å². The minimum Gasteiger partial charge on any atom is -0.358 e. The topological polar surface area (TPSA) is 58.4 Å². The van der Waals surface area contributed by atoms with E-state index in [9.17, 15) is 9.18 Å². The summed E-state index contributed by atoms with van der Waals surface area (Å²) in [6.07, 6.45) is 0.818. The van der Waals surface area contributed by atoms with Crippen molar-refractivity contribution in [2.45, 2.75) is 25.4 Å². The molecule has 5 heteroatoms. The first-order valence-electron chi connectivity index (χ1n) is 6.14. The maximum atomic E-state index is 13.3. The fourth-order valence-corrected chi connectivity index (χ4v) is 2.24. The lowest BCUT2D eigenvalue weighted by molar-refractivity contribution is -0.122. The molecule has 2 atom stereocenters. The lowest BCUT2D eigenvalue weighted by Gasteiger charge is -2.29. The molecule has 1 aliphatic rings. The summed E-state index contributed by atoms with van der Waals surface area (Å²) in [5.41, 5.74) is 6.38. The molecule has 1 aromatic rings. The third-order valence-electron chi connectivity index (χ3n) is 3.23. The molecule has 1 amide bonds. The van der Waals surface area contributed by atoms with Gasteiger partial charge in [-0.15, -0.1) is 0 Å². The van der Waals surface area contributed by atoms with Crippen molar-refractivity contribution >= 4 is 11.6 Å². The number of amides is 1. The fraction of sp³-hybridized carbons (Fsp3) is 0.462. The number of carbonyl (C=O) groups is 1. The van der Waals surface area contributed by atoms with Crippen molar-refractivity contribution in [3.05, 3.63) is 30.1 Å². The summed E-state index contributed by atoms with van der Waals surface area (Å²) in [5, 5.41) is 2.90. The minimum atomic E-state index is -0.434. The maximum absolute atomic E-state index is 13.3. The number of carbonyl (C=O) groups excluding carboxylic acids is 1. The van der Waals surface area contributed by atoms with Crippen LogP contribution < -0.4 is 16.0 Å². The van der Waals surface area contributed by atoms with Crippen LogP contribution >= 0.6 is 0 Å². The zero-order valence-corrected chi connectivity index (χ0v) is 10.4. The summed E-state index contributed by atoms with van der Waals surface area (Å²) < 4.78 is 13.3. The summed E-state index contributed by atoms with van der Waals surface area (Å²) in [5.74, 6) is -0.396. The smallest absolute Gasteiger partial charge is 0.244 e. The summed E-state index contributed by atoms with van der Waals surface area (Å²) in [7, 11) is 0.